The normalized spacial score (nSPS) is 30.4. The largest absolute Gasteiger partial charge is 0.417 e. The molecule has 2 bridgehead atoms. The topological polar surface area (TPSA) is 68.7 Å². The highest BCUT2D eigenvalue weighted by molar-refractivity contribution is 5.76. The number of hydrogen-bond donors (Lipinski definition) is 2. The molecular weight excluding hydrogens is 373 g/mol. The maximum atomic E-state index is 12.8. The number of anilines is 1. The van der Waals surface area contributed by atoms with Crippen LogP contribution in [0.1, 0.15) is 44.1 Å². The number of piperidine rings is 2. The van der Waals surface area contributed by atoms with Gasteiger partial charge in [0.15, 0.2) is 0 Å². The Bertz CT molecular complexity index is 698. The molecule has 1 aromatic heterocycles. The Morgan fingerprint density at radius 3 is 2.50 bits per heavy atom. The van der Waals surface area contributed by atoms with Gasteiger partial charge in [0.25, 0.3) is 0 Å². The molecule has 0 radical (unpaired) electrons. The van der Waals surface area contributed by atoms with Crippen molar-refractivity contribution in [1.29, 1.82) is 0 Å². The number of carbonyl (C=O) groups is 1. The van der Waals surface area contributed by atoms with E-state index < -0.39 is 11.7 Å². The fraction of sp³-hybridized carbons (Fsp3) is 0.684. The summed E-state index contributed by atoms with van der Waals surface area (Å²) in [6, 6.07) is 2.47. The first-order valence-corrected chi connectivity index (χ1v) is 9.86. The Balaban J connectivity index is 1.37. The Kier molecular flexibility index (Phi) is 5.11. The highest BCUT2D eigenvalue weighted by Gasteiger charge is 2.43. The van der Waals surface area contributed by atoms with Gasteiger partial charge in [0.05, 0.1) is 11.7 Å². The first kappa shape index (κ1) is 19.3. The number of fused-ring (bicyclic) bond motifs is 2. The number of alkyl halides is 3. The van der Waals surface area contributed by atoms with Gasteiger partial charge in [0, 0.05) is 37.4 Å². The van der Waals surface area contributed by atoms with Gasteiger partial charge in [-0.25, -0.2) is 9.78 Å². The van der Waals surface area contributed by atoms with Gasteiger partial charge < -0.3 is 20.2 Å². The SMILES string of the molecule is O=C(N[C@H]1CCCN(c2ccc(C(F)(F)F)cn2)C1)N1[C@@H]2CC[C@H]1CC(O)C2. The number of nitrogens with one attached hydrogen (secondary N) is 1. The average Bonchev–Trinajstić information content (AvgIpc) is 2.93. The van der Waals surface area contributed by atoms with Gasteiger partial charge in [-0.1, -0.05) is 0 Å². The molecule has 4 atom stereocenters. The quantitative estimate of drug-likeness (QED) is 0.804. The van der Waals surface area contributed by atoms with Crippen LogP contribution in [0.4, 0.5) is 23.8 Å². The molecule has 3 fully saturated rings. The Morgan fingerprint density at radius 2 is 1.89 bits per heavy atom. The number of carbonyl (C=O) groups excluding carboxylic acids is 1. The van der Waals surface area contributed by atoms with Crippen molar-refractivity contribution in [3.8, 4) is 0 Å². The molecule has 3 saturated heterocycles. The molecule has 154 valence electrons. The first-order chi connectivity index (χ1) is 13.3. The molecule has 3 aliphatic heterocycles. The molecule has 9 heteroatoms. The van der Waals surface area contributed by atoms with Gasteiger partial charge >= 0.3 is 12.2 Å². The van der Waals surface area contributed by atoms with Gasteiger partial charge in [-0.3, -0.25) is 0 Å². The van der Waals surface area contributed by atoms with Gasteiger partial charge in [0.2, 0.25) is 0 Å². The minimum absolute atomic E-state index is 0.0726. The fourth-order valence-corrected chi connectivity index (χ4v) is 4.77. The van der Waals surface area contributed by atoms with Gasteiger partial charge in [0.1, 0.15) is 5.82 Å². The molecule has 3 aliphatic rings. The highest BCUT2D eigenvalue weighted by Crippen LogP contribution is 2.36. The summed E-state index contributed by atoms with van der Waals surface area (Å²) in [6.45, 7) is 1.22. The predicted molar refractivity (Wildman–Crippen MR) is 96.9 cm³/mol. The number of pyridine rings is 1. The number of aliphatic hydroxyl groups is 1. The van der Waals surface area contributed by atoms with Crippen LogP contribution in [0.3, 0.4) is 0 Å². The van der Waals surface area contributed by atoms with Crippen LogP contribution >= 0.6 is 0 Å². The molecule has 0 aromatic carbocycles. The number of rotatable bonds is 2. The molecule has 0 saturated carbocycles. The van der Waals surface area contributed by atoms with Gasteiger partial charge in [-0.2, -0.15) is 13.2 Å². The third-order valence-corrected chi connectivity index (χ3v) is 6.09. The Labute approximate surface area is 161 Å². The molecule has 2 N–H and O–H groups in total. The van der Waals surface area contributed by atoms with Crippen LogP contribution in [-0.2, 0) is 6.18 Å². The number of urea groups is 1. The second-order valence-corrected chi connectivity index (χ2v) is 8.05. The molecule has 1 unspecified atom stereocenters. The zero-order valence-electron chi connectivity index (χ0n) is 15.5. The summed E-state index contributed by atoms with van der Waals surface area (Å²) >= 11 is 0. The van der Waals surface area contributed by atoms with Crippen molar-refractivity contribution in [3.63, 3.8) is 0 Å². The van der Waals surface area contributed by atoms with Gasteiger partial charge in [-0.15, -0.1) is 0 Å². The lowest BCUT2D eigenvalue weighted by molar-refractivity contribution is -0.137. The number of halogens is 3. The maximum absolute atomic E-state index is 12.8. The van der Waals surface area contributed by atoms with E-state index >= 15 is 0 Å². The zero-order chi connectivity index (χ0) is 19.9. The summed E-state index contributed by atoms with van der Waals surface area (Å²) in [5.74, 6) is 0.494. The van der Waals surface area contributed by atoms with E-state index in [0.29, 0.717) is 31.7 Å². The van der Waals surface area contributed by atoms with Crippen molar-refractivity contribution in [2.45, 2.75) is 68.9 Å². The van der Waals surface area contributed by atoms with Crippen molar-refractivity contribution < 1.29 is 23.1 Å². The van der Waals surface area contributed by atoms with E-state index in [0.717, 1.165) is 37.9 Å². The van der Waals surface area contributed by atoms with Crippen LogP contribution in [0.15, 0.2) is 18.3 Å². The van der Waals surface area contributed by atoms with E-state index in [4.69, 9.17) is 0 Å². The third-order valence-electron chi connectivity index (χ3n) is 6.09. The minimum atomic E-state index is -4.40. The number of nitrogens with zero attached hydrogens (tertiary/aromatic N) is 3. The van der Waals surface area contributed by atoms with Gasteiger partial charge in [-0.05, 0) is 50.7 Å². The van der Waals surface area contributed by atoms with Crippen LogP contribution in [0.2, 0.25) is 0 Å². The lowest BCUT2D eigenvalue weighted by atomic mass is 10.00. The summed E-state index contributed by atoms with van der Waals surface area (Å²) in [4.78, 5) is 20.6. The van der Waals surface area contributed by atoms with E-state index in [-0.39, 0.29) is 30.3 Å². The highest BCUT2D eigenvalue weighted by atomic mass is 19.4. The average molecular weight is 398 g/mol. The van der Waals surface area contributed by atoms with Crippen LogP contribution in [-0.4, -0.2) is 58.3 Å². The standard InChI is InChI=1S/C19H25F3N4O2/c20-19(21,22)12-3-6-17(23-10-12)25-7-1-2-13(11-25)24-18(28)26-14-4-5-15(26)9-16(27)8-14/h3,6,10,13-16,27H,1-2,4-5,7-9,11H2,(H,24,28)/t13-,14-,15+,16?/m0/s1. The molecule has 1 aromatic rings. The summed E-state index contributed by atoms with van der Waals surface area (Å²) in [7, 11) is 0. The molecule has 4 heterocycles. The first-order valence-electron chi connectivity index (χ1n) is 9.86. The van der Waals surface area contributed by atoms with Crippen molar-refractivity contribution in [2.75, 3.05) is 18.0 Å². The Hall–Kier alpha value is -2.03. The third kappa shape index (κ3) is 3.90. The molecular formula is C19H25F3N4O2. The molecule has 2 amide bonds. The zero-order valence-corrected chi connectivity index (χ0v) is 15.5. The monoisotopic (exact) mass is 398 g/mol. The molecule has 0 spiro atoms. The second kappa shape index (κ2) is 7.42. The van der Waals surface area contributed by atoms with Crippen molar-refractivity contribution in [3.05, 3.63) is 23.9 Å². The summed E-state index contributed by atoms with van der Waals surface area (Å²) in [5.41, 5.74) is -0.763. The summed E-state index contributed by atoms with van der Waals surface area (Å²) < 4.78 is 38.1. The van der Waals surface area contributed by atoms with E-state index in [9.17, 15) is 23.1 Å². The van der Waals surface area contributed by atoms with Crippen molar-refractivity contribution in [1.82, 2.24) is 15.2 Å². The van der Waals surface area contributed by atoms with E-state index in [2.05, 4.69) is 10.3 Å². The van der Waals surface area contributed by atoms with Crippen LogP contribution in [0, 0.1) is 0 Å². The number of aromatic nitrogens is 1. The predicted octanol–water partition coefficient (Wildman–Crippen LogP) is 2.77. The minimum Gasteiger partial charge on any atom is -0.393 e. The van der Waals surface area contributed by atoms with Crippen LogP contribution in [0.25, 0.3) is 0 Å². The van der Waals surface area contributed by atoms with E-state index in [1.807, 2.05) is 9.80 Å². The Morgan fingerprint density at radius 1 is 1.18 bits per heavy atom. The van der Waals surface area contributed by atoms with Crippen LogP contribution < -0.4 is 10.2 Å². The molecule has 6 nitrogen and oxygen atoms in total. The summed E-state index contributed by atoms with van der Waals surface area (Å²) in [6.07, 6.45) is 0.931. The van der Waals surface area contributed by atoms with Crippen LogP contribution in [0.5, 0.6) is 0 Å². The number of amides is 2. The summed E-state index contributed by atoms with van der Waals surface area (Å²) in [5, 5.41) is 13.0. The molecule has 0 aliphatic carbocycles. The van der Waals surface area contributed by atoms with E-state index in [1.165, 1.54) is 6.07 Å². The lowest BCUT2D eigenvalue weighted by Gasteiger charge is -2.39. The number of hydrogen-bond acceptors (Lipinski definition) is 4. The fourth-order valence-electron chi connectivity index (χ4n) is 4.77. The smallest absolute Gasteiger partial charge is 0.393 e. The lowest BCUT2D eigenvalue weighted by Crippen LogP contribution is -2.56. The second-order valence-electron chi connectivity index (χ2n) is 8.05. The number of aliphatic hydroxyl groups excluding tert-OH is 1. The van der Waals surface area contributed by atoms with Crippen molar-refractivity contribution in [2.24, 2.45) is 0 Å². The van der Waals surface area contributed by atoms with E-state index in [1.54, 1.807) is 0 Å². The molecule has 4 rings (SSSR count). The van der Waals surface area contributed by atoms with Crippen molar-refractivity contribution >= 4 is 11.8 Å². The maximum Gasteiger partial charge on any atom is 0.417 e. The molecule has 28 heavy (non-hydrogen) atoms.